The standard InChI is InChI=1S/C12H18INO3S/c1-4-17-12(14(2)18(3,15)16)11(13)10-8-6-5-7-9-10/h5-9,11-12H,4H2,1-3H3/t11-,12-/m1/s1. The van der Waals surface area contributed by atoms with Crippen molar-refractivity contribution in [2.24, 2.45) is 0 Å². The van der Waals surface area contributed by atoms with Gasteiger partial charge in [0.05, 0.1) is 10.2 Å². The molecule has 0 saturated carbocycles. The zero-order valence-corrected chi connectivity index (χ0v) is 13.7. The van der Waals surface area contributed by atoms with Gasteiger partial charge in [0.2, 0.25) is 10.0 Å². The lowest BCUT2D eigenvalue weighted by Gasteiger charge is -2.30. The highest BCUT2D eigenvalue weighted by molar-refractivity contribution is 14.1. The second-order valence-corrected chi connectivity index (χ2v) is 7.32. The first-order valence-corrected chi connectivity index (χ1v) is 8.71. The summed E-state index contributed by atoms with van der Waals surface area (Å²) in [7, 11) is -1.73. The lowest BCUT2D eigenvalue weighted by atomic mass is 10.1. The molecule has 0 unspecified atom stereocenters. The van der Waals surface area contributed by atoms with E-state index in [2.05, 4.69) is 22.6 Å². The van der Waals surface area contributed by atoms with E-state index in [-0.39, 0.29) is 3.92 Å². The molecule has 0 aromatic heterocycles. The van der Waals surface area contributed by atoms with Crippen molar-refractivity contribution in [1.29, 1.82) is 0 Å². The van der Waals surface area contributed by atoms with Gasteiger partial charge in [-0.3, -0.25) is 0 Å². The average Bonchev–Trinajstić information content (AvgIpc) is 2.34. The van der Waals surface area contributed by atoms with E-state index in [1.165, 1.54) is 10.6 Å². The van der Waals surface area contributed by atoms with Crippen LogP contribution in [-0.4, -0.2) is 38.9 Å². The highest BCUT2D eigenvalue weighted by Crippen LogP contribution is 2.31. The van der Waals surface area contributed by atoms with Gasteiger partial charge in [0.1, 0.15) is 6.23 Å². The van der Waals surface area contributed by atoms with E-state index in [1.807, 2.05) is 37.3 Å². The van der Waals surface area contributed by atoms with E-state index < -0.39 is 16.3 Å². The number of benzene rings is 1. The van der Waals surface area contributed by atoms with Gasteiger partial charge in [-0.1, -0.05) is 52.9 Å². The fourth-order valence-electron chi connectivity index (χ4n) is 1.53. The Kier molecular flexibility index (Phi) is 6.03. The Morgan fingerprint density at radius 1 is 1.33 bits per heavy atom. The molecule has 0 aliphatic rings. The molecule has 0 aliphatic carbocycles. The molecule has 4 nitrogen and oxygen atoms in total. The lowest BCUT2D eigenvalue weighted by Crippen LogP contribution is -2.40. The molecule has 102 valence electrons. The predicted octanol–water partition coefficient (Wildman–Crippen LogP) is 2.42. The first-order chi connectivity index (χ1) is 8.38. The molecular formula is C12H18INO3S. The molecule has 2 atom stereocenters. The van der Waals surface area contributed by atoms with Crippen LogP contribution in [0.1, 0.15) is 16.4 Å². The monoisotopic (exact) mass is 383 g/mol. The van der Waals surface area contributed by atoms with Crippen molar-refractivity contribution >= 4 is 32.6 Å². The number of hydrogen-bond donors (Lipinski definition) is 0. The topological polar surface area (TPSA) is 46.6 Å². The van der Waals surface area contributed by atoms with Crippen molar-refractivity contribution in [2.75, 3.05) is 19.9 Å². The molecule has 0 heterocycles. The highest BCUT2D eigenvalue weighted by Gasteiger charge is 2.30. The van der Waals surface area contributed by atoms with Crippen LogP contribution in [0.5, 0.6) is 0 Å². The van der Waals surface area contributed by atoms with Gasteiger partial charge in [-0.05, 0) is 12.5 Å². The van der Waals surface area contributed by atoms with E-state index in [4.69, 9.17) is 4.74 Å². The van der Waals surface area contributed by atoms with Crippen LogP contribution in [0.15, 0.2) is 30.3 Å². The van der Waals surface area contributed by atoms with Crippen LogP contribution in [-0.2, 0) is 14.8 Å². The molecule has 1 rings (SSSR count). The molecule has 6 heteroatoms. The van der Waals surface area contributed by atoms with Crippen molar-refractivity contribution < 1.29 is 13.2 Å². The summed E-state index contributed by atoms with van der Waals surface area (Å²) in [6, 6.07) is 9.75. The molecule has 0 bridgehead atoms. The number of hydrogen-bond acceptors (Lipinski definition) is 3. The van der Waals surface area contributed by atoms with E-state index in [0.717, 1.165) is 5.56 Å². The van der Waals surface area contributed by atoms with Gasteiger partial charge in [0.15, 0.2) is 0 Å². The van der Waals surface area contributed by atoms with Crippen molar-refractivity contribution in [3.05, 3.63) is 35.9 Å². The van der Waals surface area contributed by atoms with Crippen LogP contribution >= 0.6 is 22.6 Å². The number of halogens is 1. The summed E-state index contributed by atoms with van der Waals surface area (Å²) in [6.45, 7) is 2.33. The number of likely N-dealkylation sites (N-methyl/N-ethyl adjacent to an activating group) is 1. The van der Waals surface area contributed by atoms with Crippen LogP contribution in [0.2, 0.25) is 0 Å². The smallest absolute Gasteiger partial charge is 0.213 e. The van der Waals surface area contributed by atoms with Crippen LogP contribution in [0.25, 0.3) is 0 Å². The Bertz CT molecular complexity index is 463. The molecule has 0 spiro atoms. The first kappa shape index (κ1) is 15.9. The zero-order valence-electron chi connectivity index (χ0n) is 10.7. The summed E-state index contributed by atoms with van der Waals surface area (Å²) in [5.74, 6) is 0. The normalized spacial score (nSPS) is 15.6. The predicted molar refractivity (Wildman–Crippen MR) is 81.2 cm³/mol. The Hall–Kier alpha value is -0.180. The molecule has 0 radical (unpaired) electrons. The van der Waals surface area contributed by atoms with Gasteiger partial charge >= 0.3 is 0 Å². The fraction of sp³-hybridized carbons (Fsp3) is 0.500. The van der Waals surface area contributed by atoms with Crippen LogP contribution in [0, 0.1) is 0 Å². The molecule has 0 N–H and O–H groups in total. The van der Waals surface area contributed by atoms with Crippen LogP contribution in [0.3, 0.4) is 0 Å². The summed E-state index contributed by atoms with van der Waals surface area (Å²) in [4.78, 5) is 0. The average molecular weight is 383 g/mol. The fourth-order valence-corrected chi connectivity index (χ4v) is 3.42. The molecule has 0 saturated heterocycles. The Morgan fingerprint density at radius 3 is 2.33 bits per heavy atom. The maximum Gasteiger partial charge on any atom is 0.213 e. The minimum absolute atomic E-state index is 0.0523. The number of nitrogens with zero attached hydrogens (tertiary/aromatic N) is 1. The summed E-state index contributed by atoms with van der Waals surface area (Å²) >= 11 is 2.22. The van der Waals surface area contributed by atoms with Crippen LogP contribution < -0.4 is 0 Å². The molecule has 18 heavy (non-hydrogen) atoms. The Balaban J connectivity index is 2.99. The summed E-state index contributed by atoms with van der Waals surface area (Å²) in [5.41, 5.74) is 1.05. The number of alkyl halides is 1. The Labute approximate surface area is 123 Å². The number of ether oxygens (including phenoxy) is 1. The molecule has 0 amide bonds. The summed E-state index contributed by atoms with van der Waals surface area (Å²) in [5, 5.41) is 0. The van der Waals surface area contributed by atoms with Gasteiger partial charge < -0.3 is 4.74 Å². The molecule has 0 fully saturated rings. The third kappa shape index (κ3) is 4.18. The van der Waals surface area contributed by atoms with Crippen molar-refractivity contribution in [1.82, 2.24) is 4.31 Å². The summed E-state index contributed by atoms with van der Waals surface area (Å²) in [6.07, 6.45) is 0.695. The third-order valence-electron chi connectivity index (χ3n) is 2.59. The molecule has 0 aliphatic heterocycles. The van der Waals surface area contributed by atoms with Gasteiger partial charge in [-0.2, -0.15) is 4.31 Å². The van der Waals surface area contributed by atoms with Crippen molar-refractivity contribution in [3.8, 4) is 0 Å². The first-order valence-electron chi connectivity index (χ1n) is 5.61. The molecular weight excluding hydrogens is 365 g/mol. The molecule has 1 aromatic carbocycles. The summed E-state index contributed by atoms with van der Waals surface area (Å²) < 4.78 is 30.1. The second-order valence-electron chi connectivity index (χ2n) is 3.94. The maximum absolute atomic E-state index is 11.6. The quantitative estimate of drug-likeness (QED) is 0.431. The SMILES string of the molecule is CCO[C@H]([C@H](I)c1ccccc1)N(C)S(C)(=O)=O. The van der Waals surface area contributed by atoms with Crippen LogP contribution in [0.4, 0.5) is 0 Å². The van der Waals surface area contributed by atoms with Gasteiger partial charge in [-0.25, -0.2) is 8.42 Å². The van der Waals surface area contributed by atoms with Gasteiger partial charge in [-0.15, -0.1) is 0 Å². The number of sulfonamides is 1. The van der Waals surface area contributed by atoms with E-state index in [9.17, 15) is 8.42 Å². The van der Waals surface area contributed by atoms with E-state index >= 15 is 0 Å². The largest absolute Gasteiger partial charge is 0.361 e. The maximum atomic E-state index is 11.6. The second kappa shape index (κ2) is 6.83. The zero-order chi connectivity index (χ0) is 13.8. The highest BCUT2D eigenvalue weighted by atomic mass is 127. The number of rotatable bonds is 6. The van der Waals surface area contributed by atoms with Gasteiger partial charge in [0, 0.05) is 13.7 Å². The lowest BCUT2D eigenvalue weighted by molar-refractivity contribution is -0.00105. The Morgan fingerprint density at radius 2 is 1.89 bits per heavy atom. The van der Waals surface area contributed by atoms with E-state index in [1.54, 1.807) is 7.05 Å². The van der Waals surface area contributed by atoms with Crippen molar-refractivity contribution in [3.63, 3.8) is 0 Å². The minimum Gasteiger partial charge on any atom is -0.361 e. The van der Waals surface area contributed by atoms with Crippen molar-refractivity contribution in [2.45, 2.75) is 17.1 Å². The minimum atomic E-state index is -3.27. The third-order valence-corrected chi connectivity index (χ3v) is 5.18. The molecule has 1 aromatic rings. The van der Waals surface area contributed by atoms with E-state index in [0.29, 0.717) is 6.61 Å². The van der Waals surface area contributed by atoms with Gasteiger partial charge in [0.25, 0.3) is 0 Å².